The summed E-state index contributed by atoms with van der Waals surface area (Å²) < 4.78 is 6.43. The van der Waals surface area contributed by atoms with E-state index in [1.165, 1.54) is 0 Å². The number of nitrogens with zero attached hydrogens (tertiary/aromatic N) is 2. The second kappa shape index (κ2) is 6.90. The van der Waals surface area contributed by atoms with Crippen LogP contribution in [0.15, 0.2) is 28.7 Å². The Bertz CT molecular complexity index is 503. The number of amides is 1. The van der Waals surface area contributed by atoms with E-state index in [1.54, 1.807) is 0 Å². The molecule has 0 saturated carbocycles. The Labute approximate surface area is 134 Å². The van der Waals surface area contributed by atoms with Crippen LogP contribution >= 0.6 is 15.9 Å². The third-order valence-corrected chi connectivity index (χ3v) is 4.80. The molecule has 1 aromatic carbocycles. The number of rotatable bonds is 2. The first kappa shape index (κ1) is 15.0. The molecule has 0 spiro atoms. The van der Waals surface area contributed by atoms with Gasteiger partial charge in [0.1, 0.15) is 0 Å². The van der Waals surface area contributed by atoms with Gasteiger partial charge in [-0.3, -0.25) is 9.69 Å². The lowest BCUT2D eigenvalue weighted by atomic mass is 10.2. The molecule has 0 radical (unpaired) electrons. The van der Waals surface area contributed by atoms with Gasteiger partial charge in [0.15, 0.2) is 0 Å². The van der Waals surface area contributed by atoms with E-state index in [0.717, 1.165) is 62.3 Å². The Kier molecular flexibility index (Phi) is 4.93. The topological polar surface area (TPSA) is 32.8 Å². The average molecular weight is 353 g/mol. The van der Waals surface area contributed by atoms with Crippen LogP contribution in [0.2, 0.25) is 0 Å². The lowest BCUT2D eigenvalue weighted by molar-refractivity contribution is 0.0756. The van der Waals surface area contributed by atoms with Gasteiger partial charge in [-0.25, -0.2) is 0 Å². The van der Waals surface area contributed by atoms with Crippen LogP contribution in [0.1, 0.15) is 23.2 Å². The van der Waals surface area contributed by atoms with Crippen molar-refractivity contribution in [1.82, 2.24) is 9.80 Å². The summed E-state index contributed by atoms with van der Waals surface area (Å²) in [4.78, 5) is 17.1. The number of carbonyl (C=O) groups is 1. The van der Waals surface area contributed by atoms with Gasteiger partial charge in [0.25, 0.3) is 5.91 Å². The maximum absolute atomic E-state index is 12.6. The average Bonchev–Trinajstić information content (AvgIpc) is 2.91. The molecule has 4 nitrogen and oxygen atoms in total. The van der Waals surface area contributed by atoms with Crippen molar-refractivity contribution in [3.8, 4) is 0 Å². The normalized spacial score (nSPS) is 24.0. The van der Waals surface area contributed by atoms with Crippen molar-refractivity contribution in [3.63, 3.8) is 0 Å². The van der Waals surface area contributed by atoms with Gasteiger partial charge in [0.2, 0.25) is 0 Å². The molecule has 2 heterocycles. The second-order valence-corrected chi connectivity index (χ2v) is 6.63. The molecule has 2 fully saturated rings. The predicted octanol–water partition coefficient (Wildman–Crippen LogP) is 2.39. The highest BCUT2D eigenvalue weighted by molar-refractivity contribution is 9.10. The zero-order valence-corrected chi connectivity index (χ0v) is 13.7. The Morgan fingerprint density at radius 2 is 2.14 bits per heavy atom. The van der Waals surface area contributed by atoms with Gasteiger partial charge >= 0.3 is 0 Å². The highest BCUT2D eigenvalue weighted by Crippen LogP contribution is 2.17. The number of halogens is 1. The molecular weight excluding hydrogens is 332 g/mol. The molecule has 114 valence electrons. The molecule has 1 atom stereocenters. The SMILES string of the molecule is O=C(c1cccc(Br)c1)N1CCCN(C2CCOC2)CC1. The van der Waals surface area contributed by atoms with Crippen LogP contribution in [0.25, 0.3) is 0 Å². The van der Waals surface area contributed by atoms with Crippen molar-refractivity contribution in [3.05, 3.63) is 34.3 Å². The summed E-state index contributed by atoms with van der Waals surface area (Å²) in [6.45, 7) is 5.39. The molecule has 0 N–H and O–H groups in total. The summed E-state index contributed by atoms with van der Waals surface area (Å²) in [6.07, 6.45) is 2.16. The van der Waals surface area contributed by atoms with Gasteiger partial charge in [0, 0.05) is 48.9 Å². The van der Waals surface area contributed by atoms with Crippen LogP contribution in [-0.2, 0) is 4.74 Å². The predicted molar refractivity (Wildman–Crippen MR) is 85.5 cm³/mol. The van der Waals surface area contributed by atoms with E-state index in [9.17, 15) is 4.79 Å². The fourth-order valence-electron chi connectivity index (χ4n) is 3.12. The van der Waals surface area contributed by atoms with E-state index in [-0.39, 0.29) is 5.91 Å². The standard InChI is InChI=1S/C16H21BrN2O2/c17-14-4-1-3-13(11-14)16(20)19-7-2-6-18(8-9-19)15-5-10-21-12-15/h1,3-4,11,15H,2,5-10,12H2. The van der Waals surface area contributed by atoms with E-state index < -0.39 is 0 Å². The molecule has 0 aliphatic carbocycles. The Hall–Kier alpha value is -0.910. The molecule has 2 saturated heterocycles. The monoisotopic (exact) mass is 352 g/mol. The Balaban J connectivity index is 1.63. The molecule has 0 aromatic heterocycles. The fourth-order valence-corrected chi connectivity index (χ4v) is 3.52. The highest BCUT2D eigenvalue weighted by atomic mass is 79.9. The maximum atomic E-state index is 12.6. The third kappa shape index (κ3) is 3.65. The van der Waals surface area contributed by atoms with Gasteiger partial charge in [0.05, 0.1) is 6.61 Å². The van der Waals surface area contributed by atoms with Crippen LogP contribution in [0.3, 0.4) is 0 Å². The summed E-state index contributed by atoms with van der Waals surface area (Å²) in [5.74, 6) is 0.140. The number of ether oxygens (including phenoxy) is 1. The van der Waals surface area contributed by atoms with E-state index >= 15 is 0 Å². The first-order valence-electron chi connectivity index (χ1n) is 7.61. The zero-order chi connectivity index (χ0) is 14.7. The van der Waals surface area contributed by atoms with Gasteiger partial charge < -0.3 is 9.64 Å². The summed E-state index contributed by atoms with van der Waals surface area (Å²) in [7, 11) is 0. The Morgan fingerprint density at radius 3 is 2.90 bits per heavy atom. The molecule has 21 heavy (non-hydrogen) atoms. The van der Waals surface area contributed by atoms with Gasteiger partial charge in [-0.15, -0.1) is 0 Å². The molecule has 0 bridgehead atoms. The summed E-state index contributed by atoms with van der Waals surface area (Å²) in [6, 6.07) is 8.19. The molecule has 2 aliphatic heterocycles. The molecule has 2 aliphatic rings. The largest absolute Gasteiger partial charge is 0.380 e. The summed E-state index contributed by atoms with van der Waals surface area (Å²) >= 11 is 3.43. The van der Waals surface area contributed by atoms with Gasteiger partial charge in [-0.05, 0) is 31.0 Å². The lowest BCUT2D eigenvalue weighted by Crippen LogP contribution is -2.39. The van der Waals surface area contributed by atoms with Crippen molar-refractivity contribution < 1.29 is 9.53 Å². The quantitative estimate of drug-likeness (QED) is 0.819. The number of benzene rings is 1. The minimum absolute atomic E-state index is 0.140. The first-order chi connectivity index (χ1) is 10.2. The van der Waals surface area contributed by atoms with Crippen molar-refractivity contribution in [2.45, 2.75) is 18.9 Å². The van der Waals surface area contributed by atoms with Gasteiger partial charge in [-0.1, -0.05) is 22.0 Å². The number of carbonyl (C=O) groups excluding carboxylic acids is 1. The zero-order valence-electron chi connectivity index (χ0n) is 12.1. The maximum Gasteiger partial charge on any atom is 0.253 e. The van der Waals surface area contributed by atoms with Crippen molar-refractivity contribution >= 4 is 21.8 Å². The first-order valence-corrected chi connectivity index (χ1v) is 8.40. The summed E-state index contributed by atoms with van der Waals surface area (Å²) in [5, 5.41) is 0. The smallest absolute Gasteiger partial charge is 0.253 e. The highest BCUT2D eigenvalue weighted by Gasteiger charge is 2.26. The minimum atomic E-state index is 0.140. The second-order valence-electron chi connectivity index (χ2n) is 5.71. The Morgan fingerprint density at radius 1 is 1.24 bits per heavy atom. The van der Waals surface area contributed by atoms with Crippen LogP contribution in [0.5, 0.6) is 0 Å². The van der Waals surface area contributed by atoms with Crippen molar-refractivity contribution in [2.75, 3.05) is 39.4 Å². The van der Waals surface area contributed by atoms with Crippen LogP contribution in [-0.4, -0.2) is 61.1 Å². The van der Waals surface area contributed by atoms with E-state index in [4.69, 9.17) is 4.74 Å². The van der Waals surface area contributed by atoms with Gasteiger partial charge in [-0.2, -0.15) is 0 Å². The third-order valence-electron chi connectivity index (χ3n) is 4.31. The van der Waals surface area contributed by atoms with Crippen molar-refractivity contribution in [2.24, 2.45) is 0 Å². The minimum Gasteiger partial charge on any atom is -0.380 e. The van der Waals surface area contributed by atoms with E-state index in [1.807, 2.05) is 29.2 Å². The fraction of sp³-hybridized carbons (Fsp3) is 0.562. The molecule has 3 rings (SSSR count). The molecule has 5 heteroatoms. The molecular formula is C16H21BrN2O2. The van der Waals surface area contributed by atoms with Crippen molar-refractivity contribution in [1.29, 1.82) is 0 Å². The van der Waals surface area contributed by atoms with Crippen LogP contribution in [0.4, 0.5) is 0 Å². The van der Waals surface area contributed by atoms with Crippen LogP contribution in [0, 0.1) is 0 Å². The van der Waals surface area contributed by atoms with E-state index in [2.05, 4.69) is 20.8 Å². The lowest BCUT2D eigenvalue weighted by Gasteiger charge is -2.26. The molecule has 1 unspecified atom stereocenters. The molecule has 1 amide bonds. The number of hydrogen-bond acceptors (Lipinski definition) is 3. The molecule has 1 aromatic rings. The van der Waals surface area contributed by atoms with E-state index in [0.29, 0.717) is 6.04 Å². The van der Waals surface area contributed by atoms with Crippen LogP contribution < -0.4 is 0 Å². The number of hydrogen-bond donors (Lipinski definition) is 0. The summed E-state index contributed by atoms with van der Waals surface area (Å²) in [5.41, 5.74) is 0.766.